The molecule has 3 nitrogen and oxygen atoms in total. The highest BCUT2D eigenvalue weighted by Crippen LogP contribution is 2.56. The zero-order valence-electron chi connectivity index (χ0n) is 14.4. The summed E-state index contributed by atoms with van der Waals surface area (Å²) in [5.41, 5.74) is 5.30. The monoisotopic (exact) mass is 321 g/mol. The molecule has 0 aromatic heterocycles. The third-order valence-electron chi connectivity index (χ3n) is 5.56. The predicted octanol–water partition coefficient (Wildman–Crippen LogP) is 3.39. The summed E-state index contributed by atoms with van der Waals surface area (Å²) in [5, 5.41) is 0. The lowest BCUT2D eigenvalue weighted by Crippen LogP contribution is -2.53. The largest absolute Gasteiger partial charge is 0.466 e. The van der Waals surface area contributed by atoms with Crippen LogP contribution in [0, 0.1) is 5.92 Å². The molecule has 0 saturated heterocycles. The minimum Gasteiger partial charge on any atom is -0.466 e. The summed E-state index contributed by atoms with van der Waals surface area (Å²) in [7, 11) is 4.14. The van der Waals surface area contributed by atoms with Crippen molar-refractivity contribution in [1.82, 2.24) is 4.90 Å². The van der Waals surface area contributed by atoms with Crippen LogP contribution in [-0.4, -0.2) is 37.6 Å². The van der Waals surface area contributed by atoms with Crippen molar-refractivity contribution in [2.75, 3.05) is 20.7 Å². The molecule has 0 aliphatic heterocycles. The number of carbonyl (C=O) groups is 1. The lowest BCUT2D eigenvalue weighted by atomic mass is 9.56. The Bertz CT molecular complexity index is 735. The average Bonchev–Trinajstić information content (AvgIpc) is 2.61. The highest BCUT2D eigenvalue weighted by Gasteiger charge is 2.53. The first kappa shape index (κ1) is 15.4. The number of likely N-dealkylation sites (N-methyl/N-ethyl adjacent to an activating group) is 1. The van der Waals surface area contributed by atoms with Gasteiger partial charge in [-0.05, 0) is 43.3 Å². The molecule has 2 aromatic rings. The number of fused-ring (bicyclic) bond motifs is 1. The third kappa shape index (κ3) is 2.04. The van der Waals surface area contributed by atoms with Crippen LogP contribution < -0.4 is 0 Å². The Morgan fingerprint density at radius 2 is 1.38 bits per heavy atom. The number of esters is 1. The van der Waals surface area contributed by atoms with Gasteiger partial charge in [0.2, 0.25) is 0 Å². The number of hydrogen-bond acceptors (Lipinski definition) is 3. The van der Waals surface area contributed by atoms with E-state index in [4.69, 9.17) is 4.74 Å². The topological polar surface area (TPSA) is 29.5 Å². The van der Waals surface area contributed by atoms with Gasteiger partial charge >= 0.3 is 5.97 Å². The van der Waals surface area contributed by atoms with E-state index in [2.05, 4.69) is 67.5 Å². The first-order valence-electron chi connectivity index (χ1n) is 8.65. The van der Waals surface area contributed by atoms with E-state index in [-0.39, 0.29) is 29.8 Å². The van der Waals surface area contributed by atoms with Crippen LogP contribution in [0.1, 0.15) is 41.0 Å². The first-order chi connectivity index (χ1) is 11.6. The smallest absolute Gasteiger partial charge is 0.311 e. The van der Waals surface area contributed by atoms with E-state index < -0.39 is 0 Å². The predicted molar refractivity (Wildman–Crippen MR) is 94.2 cm³/mol. The number of carbonyl (C=O) groups excluding carboxylic acids is 1. The fraction of sp³-hybridized carbons (Fsp3) is 0.381. The maximum atomic E-state index is 12.9. The molecule has 124 valence electrons. The van der Waals surface area contributed by atoms with Crippen molar-refractivity contribution >= 4 is 5.97 Å². The molecule has 0 fully saturated rings. The van der Waals surface area contributed by atoms with Crippen LogP contribution in [0.5, 0.6) is 0 Å². The van der Waals surface area contributed by atoms with Gasteiger partial charge < -0.3 is 9.64 Å². The molecule has 3 aliphatic carbocycles. The fourth-order valence-electron chi connectivity index (χ4n) is 4.78. The summed E-state index contributed by atoms with van der Waals surface area (Å²) < 4.78 is 5.48. The molecule has 2 bridgehead atoms. The Hall–Kier alpha value is -2.13. The van der Waals surface area contributed by atoms with Crippen molar-refractivity contribution in [1.29, 1.82) is 0 Å². The molecule has 0 spiro atoms. The molecule has 0 radical (unpaired) electrons. The third-order valence-corrected chi connectivity index (χ3v) is 5.56. The normalized spacial score (nSPS) is 26.8. The van der Waals surface area contributed by atoms with Crippen LogP contribution in [0.2, 0.25) is 0 Å². The van der Waals surface area contributed by atoms with Crippen molar-refractivity contribution in [2.24, 2.45) is 5.92 Å². The number of benzene rings is 2. The minimum atomic E-state index is -0.158. The molecule has 0 amide bonds. The lowest BCUT2D eigenvalue weighted by Gasteiger charge is -2.51. The Kier molecular flexibility index (Phi) is 3.69. The summed E-state index contributed by atoms with van der Waals surface area (Å²) >= 11 is 0. The summed E-state index contributed by atoms with van der Waals surface area (Å²) in [6.07, 6.45) is 0. The van der Waals surface area contributed by atoms with Gasteiger partial charge in [0.05, 0.1) is 12.5 Å². The Balaban J connectivity index is 1.97. The lowest BCUT2D eigenvalue weighted by molar-refractivity contribution is -0.152. The summed E-state index contributed by atoms with van der Waals surface area (Å²) in [6, 6.07) is 17.3. The molecule has 5 rings (SSSR count). The molecule has 3 aliphatic rings. The van der Waals surface area contributed by atoms with Gasteiger partial charge in [0.1, 0.15) is 0 Å². The van der Waals surface area contributed by atoms with E-state index in [9.17, 15) is 4.79 Å². The van der Waals surface area contributed by atoms with Crippen molar-refractivity contribution in [2.45, 2.75) is 24.8 Å². The molecule has 0 heterocycles. The van der Waals surface area contributed by atoms with Gasteiger partial charge in [0.25, 0.3) is 0 Å². The van der Waals surface area contributed by atoms with E-state index in [1.54, 1.807) is 0 Å². The maximum Gasteiger partial charge on any atom is 0.311 e. The van der Waals surface area contributed by atoms with Crippen LogP contribution in [0.25, 0.3) is 0 Å². The van der Waals surface area contributed by atoms with Gasteiger partial charge in [-0.15, -0.1) is 0 Å². The van der Waals surface area contributed by atoms with E-state index in [0.29, 0.717) is 6.61 Å². The molecule has 3 heteroatoms. The van der Waals surface area contributed by atoms with Crippen LogP contribution in [0.15, 0.2) is 48.5 Å². The van der Waals surface area contributed by atoms with Crippen LogP contribution in [0.3, 0.4) is 0 Å². The standard InChI is InChI=1S/C21H23NO2/c1-4-24-21(23)19-17-13-9-5-7-11-15(13)18(20(19)22(2)3)16-12-8-6-10-14(16)17/h5-12,17-20H,4H2,1-3H3/t17?,18?,19-,20-/m0/s1. The van der Waals surface area contributed by atoms with Crippen LogP contribution >= 0.6 is 0 Å². The maximum absolute atomic E-state index is 12.9. The average molecular weight is 321 g/mol. The van der Waals surface area contributed by atoms with Crippen molar-refractivity contribution in [3.05, 3.63) is 70.8 Å². The SMILES string of the molecule is CCOC(=O)[C@H]1C2c3ccccc3C(c3ccccc32)[C@@H]1N(C)C. The van der Waals surface area contributed by atoms with Crippen LogP contribution in [0.4, 0.5) is 0 Å². The molecule has 24 heavy (non-hydrogen) atoms. The molecule has 0 N–H and O–H groups in total. The van der Waals surface area contributed by atoms with Crippen molar-refractivity contribution in [3.63, 3.8) is 0 Å². The molecule has 0 saturated carbocycles. The Morgan fingerprint density at radius 1 is 0.917 bits per heavy atom. The highest BCUT2D eigenvalue weighted by atomic mass is 16.5. The van der Waals surface area contributed by atoms with Gasteiger partial charge in [-0.2, -0.15) is 0 Å². The van der Waals surface area contributed by atoms with Gasteiger partial charge in [-0.1, -0.05) is 48.5 Å². The molecular weight excluding hydrogens is 298 g/mol. The summed E-state index contributed by atoms with van der Waals surface area (Å²) in [4.78, 5) is 15.1. The quantitative estimate of drug-likeness (QED) is 0.812. The van der Waals surface area contributed by atoms with Gasteiger partial charge in [0, 0.05) is 17.9 Å². The van der Waals surface area contributed by atoms with E-state index in [1.807, 2.05) is 6.92 Å². The van der Waals surface area contributed by atoms with E-state index in [0.717, 1.165) is 0 Å². The fourth-order valence-corrected chi connectivity index (χ4v) is 4.78. The zero-order chi connectivity index (χ0) is 16.8. The summed E-state index contributed by atoms with van der Waals surface area (Å²) in [6.45, 7) is 2.31. The second kappa shape index (κ2) is 5.75. The van der Waals surface area contributed by atoms with Crippen molar-refractivity contribution in [3.8, 4) is 0 Å². The molecule has 2 aromatic carbocycles. The summed E-state index contributed by atoms with van der Waals surface area (Å²) in [5.74, 6) is 0.0608. The van der Waals surface area contributed by atoms with Gasteiger partial charge in [0.15, 0.2) is 0 Å². The Labute approximate surface area is 143 Å². The van der Waals surface area contributed by atoms with Crippen molar-refractivity contribution < 1.29 is 9.53 Å². The second-order valence-corrected chi connectivity index (χ2v) is 6.95. The van der Waals surface area contributed by atoms with E-state index >= 15 is 0 Å². The molecule has 2 atom stereocenters. The Morgan fingerprint density at radius 3 is 1.79 bits per heavy atom. The second-order valence-electron chi connectivity index (χ2n) is 6.95. The number of nitrogens with zero attached hydrogens (tertiary/aromatic N) is 1. The van der Waals surface area contributed by atoms with Gasteiger partial charge in [-0.25, -0.2) is 0 Å². The molecular formula is C21H23NO2. The zero-order valence-corrected chi connectivity index (χ0v) is 14.4. The number of ether oxygens (including phenoxy) is 1. The molecule has 0 unspecified atom stereocenters. The van der Waals surface area contributed by atoms with E-state index in [1.165, 1.54) is 22.3 Å². The van der Waals surface area contributed by atoms with Gasteiger partial charge in [-0.3, -0.25) is 4.79 Å². The minimum absolute atomic E-state index is 0.0739. The number of hydrogen-bond donors (Lipinski definition) is 0. The first-order valence-corrected chi connectivity index (χ1v) is 8.65. The number of rotatable bonds is 3. The highest BCUT2D eigenvalue weighted by molar-refractivity contribution is 5.79. The van der Waals surface area contributed by atoms with Crippen LogP contribution in [-0.2, 0) is 9.53 Å².